The molecule has 0 aliphatic heterocycles. The molecular weight excluding hydrogens is 420 g/mol. The minimum atomic E-state index is 0.153. The summed E-state index contributed by atoms with van der Waals surface area (Å²) in [4.78, 5) is 8.14. The molecule has 0 saturated carbocycles. The predicted molar refractivity (Wildman–Crippen MR) is 130 cm³/mol. The second-order valence-corrected chi connectivity index (χ2v) is 8.00. The molecule has 0 aliphatic carbocycles. The van der Waals surface area contributed by atoms with Crippen LogP contribution in [0.25, 0.3) is 11.1 Å². The number of nitrogen functional groups attached to an aromatic ring is 2. The molecule has 3 aromatic rings. The average Bonchev–Trinajstić information content (AvgIpc) is 2.79. The van der Waals surface area contributed by atoms with Gasteiger partial charge in [0, 0.05) is 25.3 Å². The molecule has 0 fully saturated rings. The largest absolute Gasteiger partial charge is 0.493 e. The third-order valence-corrected chi connectivity index (χ3v) is 4.80. The van der Waals surface area contributed by atoms with Gasteiger partial charge in [-0.15, -0.1) is 0 Å². The fourth-order valence-electron chi connectivity index (χ4n) is 3.31. The molecule has 2 aromatic carbocycles. The Hall–Kier alpha value is -3.52. The smallest absolute Gasteiger partial charge is 0.221 e. The normalized spacial score (nSPS) is 10.9. The van der Waals surface area contributed by atoms with Gasteiger partial charge in [-0.3, -0.25) is 0 Å². The minimum absolute atomic E-state index is 0.153. The maximum Gasteiger partial charge on any atom is 0.221 e. The van der Waals surface area contributed by atoms with Crippen LogP contribution in [0.4, 0.5) is 11.8 Å². The van der Waals surface area contributed by atoms with E-state index in [1.54, 1.807) is 13.3 Å². The van der Waals surface area contributed by atoms with Crippen molar-refractivity contribution in [3.8, 4) is 28.4 Å². The monoisotopic (exact) mass is 452 g/mol. The van der Waals surface area contributed by atoms with Crippen LogP contribution in [0.15, 0.2) is 42.6 Å². The number of anilines is 2. The molecule has 0 spiro atoms. The van der Waals surface area contributed by atoms with Gasteiger partial charge in [-0.25, -0.2) is 4.98 Å². The van der Waals surface area contributed by atoms with Crippen molar-refractivity contribution in [1.29, 1.82) is 0 Å². The van der Waals surface area contributed by atoms with Gasteiger partial charge in [-0.05, 0) is 48.2 Å². The average molecular weight is 453 g/mol. The van der Waals surface area contributed by atoms with E-state index in [4.69, 9.17) is 30.4 Å². The number of hydrogen-bond donors (Lipinski definition) is 2. The van der Waals surface area contributed by atoms with Gasteiger partial charge in [0.2, 0.25) is 5.95 Å². The first-order valence-corrected chi connectivity index (χ1v) is 10.9. The Morgan fingerprint density at radius 3 is 2.27 bits per heavy atom. The van der Waals surface area contributed by atoms with Gasteiger partial charge in [0.05, 0.1) is 18.8 Å². The number of aromatic nitrogens is 2. The van der Waals surface area contributed by atoms with Crippen LogP contribution in [0.1, 0.15) is 31.9 Å². The zero-order valence-electron chi connectivity index (χ0n) is 19.6. The summed E-state index contributed by atoms with van der Waals surface area (Å²) in [5.74, 6) is 3.07. The molecule has 0 atom stereocenters. The molecular formula is C25H32N4O4. The highest BCUT2D eigenvalue weighted by atomic mass is 16.7. The highest BCUT2D eigenvalue weighted by Crippen LogP contribution is 2.41. The van der Waals surface area contributed by atoms with Gasteiger partial charge in [-0.2, -0.15) is 4.98 Å². The van der Waals surface area contributed by atoms with E-state index < -0.39 is 0 Å². The topological polar surface area (TPSA) is 115 Å². The molecule has 176 valence electrons. The quantitative estimate of drug-likeness (QED) is 0.414. The van der Waals surface area contributed by atoms with Gasteiger partial charge >= 0.3 is 0 Å². The van der Waals surface area contributed by atoms with Crippen LogP contribution in [0, 0.1) is 5.92 Å². The SMILES string of the molecule is CCOc1cc(Cc2cnc(N)nc2N)cc(OCC(C)C)c1-c1ccc(OCOC)cc1. The third kappa shape index (κ3) is 6.49. The van der Waals surface area contributed by atoms with Crippen LogP contribution in [-0.4, -0.2) is 37.1 Å². The lowest BCUT2D eigenvalue weighted by Crippen LogP contribution is -2.08. The Bertz CT molecular complexity index is 1060. The fraction of sp³-hybridized carbons (Fsp3) is 0.360. The number of methoxy groups -OCH3 is 1. The van der Waals surface area contributed by atoms with Crippen LogP contribution in [-0.2, 0) is 11.2 Å². The molecule has 8 nitrogen and oxygen atoms in total. The molecule has 0 aliphatic rings. The number of rotatable bonds is 11. The second kappa shape index (κ2) is 11.4. The fourth-order valence-corrected chi connectivity index (χ4v) is 3.31. The summed E-state index contributed by atoms with van der Waals surface area (Å²) in [5.41, 5.74) is 15.3. The number of nitrogens with zero attached hydrogens (tertiary/aromatic N) is 2. The number of nitrogens with two attached hydrogens (primary N) is 2. The maximum absolute atomic E-state index is 6.25. The summed E-state index contributed by atoms with van der Waals surface area (Å²) >= 11 is 0. The predicted octanol–water partition coefficient (Wildman–Crippen LogP) is 4.32. The Balaban J connectivity index is 2.04. The zero-order chi connectivity index (χ0) is 23.8. The first-order chi connectivity index (χ1) is 15.9. The Morgan fingerprint density at radius 2 is 1.67 bits per heavy atom. The minimum Gasteiger partial charge on any atom is -0.493 e. The number of ether oxygens (including phenoxy) is 4. The van der Waals surface area contributed by atoms with Crippen molar-refractivity contribution in [3.05, 3.63) is 53.7 Å². The second-order valence-electron chi connectivity index (χ2n) is 8.00. The standard InChI is InChI=1S/C25H32N4O4/c1-5-31-21-11-17(10-19-13-28-25(27)29-24(19)26)12-22(32-14-16(2)3)23(21)18-6-8-20(9-7-18)33-15-30-4/h6-9,11-13,16H,5,10,14-15H2,1-4H3,(H4,26,27,28,29). The van der Waals surface area contributed by atoms with E-state index in [2.05, 4.69) is 23.8 Å². The van der Waals surface area contributed by atoms with Gasteiger partial charge in [-0.1, -0.05) is 26.0 Å². The Labute approximate surface area is 194 Å². The summed E-state index contributed by atoms with van der Waals surface area (Å²) < 4.78 is 22.8. The molecule has 33 heavy (non-hydrogen) atoms. The Morgan fingerprint density at radius 1 is 0.970 bits per heavy atom. The third-order valence-electron chi connectivity index (χ3n) is 4.80. The van der Waals surface area contributed by atoms with Crippen LogP contribution in [0.3, 0.4) is 0 Å². The van der Waals surface area contributed by atoms with Crippen LogP contribution in [0.2, 0.25) is 0 Å². The van der Waals surface area contributed by atoms with E-state index in [0.717, 1.165) is 39.5 Å². The van der Waals surface area contributed by atoms with Crippen LogP contribution < -0.4 is 25.7 Å². The molecule has 1 heterocycles. The van der Waals surface area contributed by atoms with Crippen LogP contribution >= 0.6 is 0 Å². The van der Waals surface area contributed by atoms with Gasteiger partial charge in [0.25, 0.3) is 0 Å². The number of benzene rings is 2. The van der Waals surface area contributed by atoms with E-state index in [1.165, 1.54) is 0 Å². The van der Waals surface area contributed by atoms with Crippen molar-refractivity contribution in [2.45, 2.75) is 27.2 Å². The molecule has 1 aromatic heterocycles. The van der Waals surface area contributed by atoms with Crippen molar-refractivity contribution >= 4 is 11.8 Å². The summed E-state index contributed by atoms with van der Waals surface area (Å²) in [7, 11) is 1.59. The maximum atomic E-state index is 6.25. The van der Waals surface area contributed by atoms with Crippen molar-refractivity contribution in [2.24, 2.45) is 5.92 Å². The van der Waals surface area contributed by atoms with E-state index in [9.17, 15) is 0 Å². The van der Waals surface area contributed by atoms with Crippen molar-refractivity contribution in [3.63, 3.8) is 0 Å². The van der Waals surface area contributed by atoms with Gasteiger partial charge in [0.15, 0.2) is 6.79 Å². The first kappa shape index (κ1) is 24.1. The van der Waals surface area contributed by atoms with Gasteiger partial charge in [0.1, 0.15) is 23.1 Å². The molecule has 0 bridgehead atoms. The van der Waals surface area contributed by atoms with E-state index in [1.807, 2.05) is 43.3 Å². The highest BCUT2D eigenvalue weighted by molar-refractivity contribution is 5.78. The van der Waals surface area contributed by atoms with Crippen LogP contribution in [0.5, 0.6) is 17.2 Å². The first-order valence-electron chi connectivity index (χ1n) is 10.9. The highest BCUT2D eigenvalue weighted by Gasteiger charge is 2.18. The van der Waals surface area contributed by atoms with Crippen molar-refractivity contribution in [1.82, 2.24) is 9.97 Å². The van der Waals surface area contributed by atoms with E-state index in [-0.39, 0.29) is 12.7 Å². The van der Waals surface area contributed by atoms with E-state index >= 15 is 0 Å². The van der Waals surface area contributed by atoms with Crippen molar-refractivity contribution < 1.29 is 18.9 Å². The summed E-state index contributed by atoms with van der Waals surface area (Å²) in [6.07, 6.45) is 2.17. The Kier molecular flexibility index (Phi) is 8.32. The summed E-state index contributed by atoms with van der Waals surface area (Å²) in [6.45, 7) is 7.46. The molecule has 0 saturated heterocycles. The van der Waals surface area contributed by atoms with Crippen molar-refractivity contribution in [2.75, 3.05) is 38.6 Å². The molecule has 0 unspecified atom stereocenters. The molecule has 0 radical (unpaired) electrons. The lowest BCUT2D eigenvalue weighted by molar-refractivity contribution is 0.0511. The molecule has 3 rings (SSSR count). The molecule has 8 heteroatoms. The lowest BCUT2D eigenvalue weighted by Gasteiger charge is -2.19. The number of hydrogen-bond acceptors (Lipinski definition) is 8. The lowest BCUT2D eigenvalue weighted by atomic mass is 9.98. The molecule has 0 amide bonds. The molecule has 4 N–H and O–H groups in total. The zero-order valence-corrected chi connectivity index (χ0v) is 19.6. The summed E-state index contributed by atoms with van der Waals surface area (Å²) in [6, 6.07) is 11.8. The van der Waals surface area contributed by atoms with E-state index in [0.29, 0.717) is 31.4 Å². The summed E-state index contributed by atoms with van der Waals surface area (Å²) in [5, 5.41) is 0. The van der Waals surface area contributed by atoms with Gasteiger partial charge < -0.3 is 30.4 Å².